The molecule has 4 rings (SSSR count). The Morgan fingerprint density at radius 2 is 1.72 bits per heavy atom. The van der Waals surface area contributed by atoms with E-state index in [-0.39, 0.29) is 62.3 Å². The van der Waals surface area contributed by atoms with Crippen LogP contribution in [0.5, 0.6) is 0 Å². The van der Waals surface area contributed by atoms with E-state index in [0.717, 1.165) is 12.5 Å². The van der Waals surface area contributed by atoms with Crippen LogP contribution in [-0.2, 0) is 16.1 Å². The molecule has 3 fully saturated rings. The van der Waals surface area contributed by atoms with Crippen LogP contribution in [0.1, 0.15) is 85.1 Å². The fraction of sp³-hybridized carbons (Fsp3) is 0.781. The zero-order valence-electron chi connectivity index (χ0n) is 27.7. The fourth-order valence-electron chi connectivity index (χ4n) is 7.68. The number of hydrogen-bond acceptors (Lipinski definition) is 11. The molecule has 2 heterocycles. The topological polar surface area (TPSA) is 161 Å². The number of benzene rings is 1. The lowest BCUT2D eigenvalue weighted by atomic mass is 9.86. The van der Waals surface area contributed by atoms with Crippen LogP contribution < -0.4 is 10.9 Å². The summed E-state index contributed by atoms with van der Waals surface area (Å²) in [6.45, 7) is 8.97. The quantitative estimate of drug-likeness (QED) is 0.130. The van der Waals surface area contributed by atoms with Crippen molar-refractivity contribution >= 4 is 5.91 Å². The molecule has 1 amide bonds. The molecule has 3 aliphatic rings. The number of hydroxylamine groups is 1. The zero-order valence-corrected chi connectivity index (χ0v) is 27.7. The maximum Gasteiger partial charge on any atom is 0.308 e. The lowest BCUT2D eigenvalue weighted by Crippen LogP contribution is -2.68. The Hall–Kier alpha value is -1.85. The van der Waals surface area contributed by atoms with Gasteiger partial charge in [-0.25, -0.2) is 34.4 Å². The van der Waals surface area contributed by atoms with Gasteiger partial charge in [0.25, 0.3) is 5.91 Å². The highest BCUT2D eigenvalue weighted by Crippen LogP contribution is 2.41. The predicted molar refractivity (Wildman–Crippen MR) is 165 cm³/mol. The molecule has 14 heteroatoms. The minimum atomic E-state index is -3.39. The summed E-state index contributed by atoms with van der Waals surface area (Å²) >= 11 is 0. The third-order valence-corrected chi connectivity index (χ3v) is 10.5. The Balaban J connectivity index is 1.58. The van der Waals surface area contributed by atoms with Crippen LogP contribution in [0.3, 0.4) is 0 Å². The van der Waals surface area contributed by atoms with E-state index in [0.29, 0.717) is 19.3 Å². The van der Waals surface area contributed by atoms with Gasteiger partial charge >= 0.3 is 5.97 Å². The second-order valence-electron chi connectivity index (χ2n) is 14.0. The Morgan fingerprint density at radius 3 is 2.30 bits per heavy atom. The fourth-order valence-corrected chi connectivity index (χ4v) is 7.68. The van der Waals surface area contributed by atoms with E-state index in [9.17, 15) is 39.1 Å². The van der Waals surface area contributed by atoms with Crippen LogP contribution in [-0.4, -0.2) is 107 Å². The Labute approximate surface area is 270 Å². The summed E-state index contributed by atoms with van der Waals surface area (Å²) in [7, 11) is 1.63. The normalized spacial score (nSPS) is 31.8. The first-order chi connectivity index (χ1) is 21.3. The summed E-state index contributed by atoms with van der Waals surface area (Å²) in [4.78, 5) is 22.7. The number of rotatable bonds is 12. The summed E-state index contributed by atoms with van der Waals surface area (Å²) in [5.74, 6) is -9.19. The number of carbonyl (C=O) groups is 1. The van der Waals surface area contributed by atoms with E-state index in [4.69, 9.17) is 4.84 Å². The molecule has 0 spiro atoms. The van der Waals surface area contributed by atoms with Gasteiger partial charge in [0.05, 0.1) is 6.17 Å². The Bertz CT molecular complexity index is 1170. The van der Waals surface area contributed by atoms with Crippen LogP contribution in [0.25, 0.3) is 0 Å². The van der Waals surface area contributed by atoms with Crippen molar-refractivity contribution in [3.63, 3.8) is 0 Å². The van der Waals surface area contributed by atoms with Gasteiger partial charge in [0, 0.05) is 50.4 Å². The van der Waals surface area contributed by atoms with Gasteiger partial charge in [0.2, 0.25) is 11.8 Å². The van der Waals surface area contributed by atoms with Gasteiger partial charge in [-0.05, 0) is 71.3 Å². The lowest BCUT2D eigenvalue weighted by Gasteiger charge is -2.46. The van der Waals surface area contributed by atoms with Crippen LogP contribution in [0.4, 0.5) is 8.78 Å². The Morgan fingerprint density at radius 1 is 1.11 bits per heavy atom. The predicted octanol–water partition coefficient (Wildman–Crippen LogP) is 1.82. The molecule has 1 aromatic carbocycles. The number of halogens is 2. The van der Waals surface area contributed by atoms with Crippen LogP contribution in [0, 0.1) is 11.8 Å². The number of nitrogens with zero attached hydrogens (tertiary/aromatic N) is 3. The maximum atomic E-state index is 13.7. The highest BCUT2D eigenvalue weighted by atomic mass is 19.3. The molecular weight excluding hydrogens is 604 g/mol. The first kappa shape index (κ1) is 37.0. The highest BCUT2D eigenvalue weighted by molar-refractivity contribution is 5.77. The number of alkyl halides is 2. The van der Waals surface area contributed by atoms with Gasteiger partial charge < -0.3 is 25.5 Å². The van der Waals surface area contributed by atoms with Crippen LogP contribution in [0.2, 0.25) is 0 Å². The molecule has 2 saturated heterocycles. The second kappa shape index (κ2) is 13.9. The van der Waals surface area contributed by atoms with Crippen molar-refractivity contribution in [1.82, 2.24) is 25.7 Å². The lowest BCUT2D eigenvalue weighted by molar-refractivity contribution is -0.403. The molecule has 7 N–H and O–H groups in total. The number of hydrazine groups is 1. The summed E-state index contributed by atoms with van der Waals surface area (Å²) in [6.07, 6.45) is -0.453. The van der Waals surface area contributed by atoms with Gasteiger partial charge in [-0.2, -0.15) is 0 Å². The SMILES string of the molecule is CC1CC(CC(C)N2C(C)NN(C)C2C(C)(O)C(O)(O)O)N(C(O)(CCc2ccccc2)ONC(=O)C2CCC(F)(F)CC2)C1C. The second-order valence-corrected chi connectivity index (χ2v) is 14.0. The van der Waals surface area contributed by atoms with Gasteiger partial charge in [-0.15, -0.1) is 0 Å². The molecule has 46 heavy (non-hydrogen) atoms. The molecule has 0 radical (unpaired) electrons. The molecule has 1 aliphatic carbocycles. The summed E-state index contributed by atoms with van der Waals surface area (Å²) in [6, 6.07) is 8.77. The summed E-state index contributed by atoms with van der Waals surface area (Å²) in [5.41, 5.74) is 4.17. The van der Waals surface area contributed by atoms with Crippen LogP contribution >= 0.6 is 0 Å². The molecule has 1 saturated carbocycles. The van der Waals surface area contributed by atoms with Crippen molar-refractivity contribution < 1.29 is 43.9 Å². The number of nitrogens with one attached hydrogen (secondary N) is 2. The largest absolute Gasteiger partial charge is 0.379 e. The number of carbonyl (C=O) groups excluding carboxylic acids is 1. The number of aliphatic hydroxyl groups is 5. The van der Waals surface area contributed by atoms with E-state index in [2.05, 4.69) is 17.8 Å². The molecular formula is C32H53F2N5O7. The van der Waals surface area contributed by atoms with Crippen molar-refractivity contribution in [3.8, 4) is 0 Å². The van der Waals surface area contributed by atoms with Gasteiger partial charge in [-0.1, -0.05) is 37.3 Å². The minimum absolute atomic E-state index is 0.0280. The third-order valence-electron chi connectivity index (χ3n) is 10.5. The number of aryl methyl sites for hydroxylation is 1. The molecule has 2 aliphatic heterocycles. The Kier molecular flexibility index (Phi) is 11.2. The van der Waals surface area contributed by atoms with E-state index >= 15 is 0 Å². The van der Waals surface area contributed by atoms with Crippen molar-refractivity contribution in [2.24, 2.45) is 11.8 Å². The van der Waals surface area contributed by atoms with E-state index in [1.54, 1.807) is 7.05 Å². The minimum Gasteiger partial charge on any atom is -0.379 e. The smallest absolute Gasteiger partial charge is 0.308 e. The molecule has 0 bridgehead atoms. The highest BCUT2D eigenvalue weighted by Gasteiger charge is 2.58. The monoisotopic (exact) mass is 657 g/mol. The van der Waals surface area contributed by atoms with Crippen molar-refractivity contribution in [3.05, 3.63) is 35.9 Å². The molecule has 8 atom stereocenters. The van der Waals surface area contributed by atoms with E-state index in [1.165, 1.54) is 5.01 Å². The average Bonchev–Trinajstić information content (AvgIpc) is 3.43. The number of hydrogen-bond donors (Lipinski definition) is 7. The molecule has 8 unspecified atom stereocenters. The summed E-state index contributed by atoms with van der Waals surface area (Å²) < 4.78 is 27.5. The van der Waals surface area contributed by atoms with Gasteiger partial charge in [-0.3, -0.25) is 9.69 Å². The number of likely N-dealkylation sites (N-methyl/N-ethyl adjacent to an activating group) is 1. The van der Waals surface area contributed by atoms with Gasteiger partial charge in [0.1, 0.15) is 6.17 Å². The van der Waals surface area contributed by atoms with Crippen LogP contribution in [0.15, 0.2) is 30.3 Å². The number of likely N-dealkylation sites (tertiary alicyclic amines) is 1. The van der Waals surface area contributed by atoms with E-state index in [1.807, 2.05) is 60.9 Å². The van der Waals surface area contributed by atoms with Crippen molar-refractivity contribution in [1.29, 1.82) is 0 Å². The third kappa shape index (κ3) is 7.88. The van der Waals surface area contributed by atoms with Gasteiger partial charge in [0.15, 0.2) is 5.60 Å². The number of amides is 1. The standard InChI is InChI=1S/C32H53F2N5O7/c1-20-18-26(19-21(2)38-23(4)35-37(6)28(38)29(5,41)32(43,44)45)39(22(20)3)31(42,17-12-24-10-8-7-9-11-24)46-36-27(40)25-13-15-30(33,34)16-14-25/h7-11,20-23,25-26,28,35,41-45H,12-19H2,1-6H3,(H,36,40). The molecule has 12 nitrogen and oxygen atoms in total. The summed E-state index contributed by atoms with van der Waals surface area (Å²) in [5, 5.41) is 55.0. The van der Waals surface area contributed by atoms with Crippen molar-refractivity contribution in [2.75, 3.05) is 7.05 Å². The molecule has 0 aromatic heterocycles. The molecule has 1 aromatic rings. The van der Waals surface area contributed by atoms with Crippen molar-refractivity contribution in [2.45, 2.75) is 140 Å². The first-order valence-corrected chi connectivity index (χ1v) is 16.3. The first-order valence-electron chi connectivity index (χ1n) is 16.3. The average molecular weight is 658 g/mol. The maximum absolute atomic E-state index is 13.7. The zero-order chi connectivity index (χ0) is 34.2. The molecule has 262 valence electrons. The van der Waals surface area contributed by atoms with E-state index < -0.39 is 41.4 Å².